The van der Waals surface area contributed by atoms with Gasteiger partial charge in [0.15, 0.2) is 0 Å². The molecular formula is C27H41N3O4. The Morgan fingerprint density at radius 1 is 1.06 bits per heavy atom. The van der Waals surface area contributed by atoms with E-state index in [2.05, 4.69) is 16.7 Å². The number of amides is 3. The second-order valence-corrected chi connectivity index (χ2v) is 9.90. The van der Waals surface area contributed by atoms with Gasteiger partial charge in [-0.05, 0) is 57.6 Å². The normalized spacial score (nSPS) is 13.9. The maximum atomic E-state index is 13.6. The van der Waals surface area contributed by atoms with Gasteiger partial charge in [0.25, 0.3) is 5.91 Å². The number of carbonyl (C=O) groups is 3. The van der Waals surface area contributed by atoms with Crippen LogP contribution in [0.4, 0.5) is 4.79 Å². The van der Waals surface area contributed by atoms with Crippen LogP contribution in [0.2, 0.25) is 0 Å². The highest BCUT2D eigenvalue weighted by Gasteiger charge is 2.37. The molecule has 34 heavy (non-hydrogen) atoms. The second kappa shape index (κ2) is 13.0. The van der Waals surface area contributed by atoms with Crippen molar-refractivity contribution in [3.8, 4) is 12.5 Å². The number of alkyl carbamates (subject to hydrolysis) is 1. The molecule has 1 aromatic rings. The smallest absolute Gasteiger partial charge is 0.408 e. The highest BCUT2D eigenvalue weighted by atomic mass is 16.6. The molecule has 0 aliphatic rings. The van der Waals surface area contributed by atoms with E-state index in [9.17, 15) is 14.4 Å². The third-order valence-corrected chi connectivity index (χ3v) is 5.30. The van der Waals surface area contributed by atoms with Crippen LogP contribution in [0.3, 0.4) is 0 Å². The van der Waals surface area contributed by atoms with Gasteiger partial charge in [-0.15, -0.1) is 0 Å². The standard InChI is InChI=1S/C27H41N3O4/c1-10-13-19(6)28-24(31)23(21-16-14-20(11-2)15-17-21)30(12-3)25(32)22(18(4)5)29-26(33)34-27(7,8)9/h3,14-19,22-23H,10-11,13H2,1-2,4-9H3,(H,28,31)(H,29,33). The Labute approximate surface area is 205 Å². The third-order valence-electron chi connectivity index (χ3n) is 5.30. The Balaban J connectivity index is 3.35. The van der Waals surface area contributed by atoms with Gasteiger partial charge in [0.2, 0.25) is 5.91 Å². The van der Waals surface area contributed by atoms with E-state index >= 15 is 0 Å². The lowest BCUT2D eigenvalue weighted by Gasteiger charge is -2.32. The Kier molecular flexibility index (Phi) is 11.1. The van der Waals surface area contributed by atoms with Gasteiger partial charge in [-0.2, -0.15) is 0 Å². The van der Waals surface area contributed by atoms with Gasteiger partial charge in [-0.1, -0.05) is 64.8 Å². The van der Waals surface area contributed by atoms with Crippen molar-refractivity contribution in [1.29, 1.82) is 0 Å². The molecule has 3 amide bonds. The van der Waals surface area contributed by atoms with E-state index in [-0.39, 0.29) is 17.9 Å². The van der Waals surface area contributed by atoms with Gasteiger partial charge in [0.05, 0.1) is 0 Å². The number of carbonyl (C=O) groups excluding carboxylic acids is 3. The van der Waals surface area contributed by atoms with E-state index in [1.54, 1.807) is 34.6 Å². The SMILES string of the molecule is C#CN(C(=O)C(NC(=O)OC(C)(C)C)C(C)C)C(C(=O)NC(C)CCC)c1ccc(CC)cc1. The fourth-order valence-corrected chi connectivity index (χ4v) is 3.54. The highest BCUT2D eigenvalue weighted by molar-refractivity contribution is 5.93. The van der Waals surface area contributed by atoms with Crippen LogP contribution < -0.4 is 10.6 Å². The van der Waals surface area contributed by atoms with Gasteiger partial charge in [-0.3, -0.25) is 14.5 Å². The van der Waals surface area contributed by atoms with Gasteiger partial charge in [-0.25, -0.2) is 4.79 Å². The van der Waals surface area contributed by atoms with Crippen LogP contribution in [0.1, 0.15) is 85.4 Å². The van der Waals surface area contributed by atoms with E-state index in [1.807, 2.05) is 45.0 Å². The molecule has 0 heterocycles. The predicted molar refractivity (Wildman–Crippen MR) is 135 cm³/mol. The Hall–Kier alpha value is -3.01. The molecular weight excluding hydrogens is 430 g/mol. The number of rotatable bonds is 10. The van der Waals surface area contributed by atoms with Gasteiger partial charge >= 0.3 is 6.09 Å². The molecule has 7 nitrogen and oxygen atoms in total. The minimum atomic E-state index is -1.04. The summed E-state index contributed by atoms with van der Waals surface area (Å²) in [6.07, 6.45) is 7.63. The highest BCUT2D eigenvalue weighted by Crippen LogP contribution is 2.24. The number of nitrogens with one attached hydrogen (secondary N) is 2. The van der Waals surface area contributed by atoms with Gasteiger partial charge in [0.1, 0.15) is 17.7 Å². The number of hydrogen-bond acceptors (Lipinski definition) is 4. The van der Waals surface area contributed by atoms with Crippen LogP contribution >= 0.6 is 0 Å². The number of benzene rings is 1. The van der Waals surface area contributed by atoms with Gasteiger partial charge in [0, 0.05) is 12.1 Å². The molecule has 0 aromatic heterocycles. The number of ether oxygens (including phenoxy) is 1. The van der Waals surface area contributed by atoms with E-state index in [4.69, 9.17) is 11.2 Å². The summed E-state index contributed by atoms with van der Waals surface area (Å²) in [6.45, 7) is 14.8. The summed E-state index contributed by atoms with van der Waals surface area (Å²) in [6, 6.07) is 7.79. The first-order chi connectivity index (χ1) is 15.8. The number of nitrogens with zero attached hydrogens (tertiary/aromatic N) is 1. The molecule has 0 aliphatic carbocycles. The summed E-state index contributed by atoms with van der Waals surface area (Å²) in [7, 11) is 0. The first-order valence-electron chi connectivity index (χ1n) is 12.0. The number of aryl methyl sites for hydroxylation is 1. The number of hydrogen-bond donors (Lipinski definition) is 2. The van der Waals surface area contributed by atoms with Crippen molar-refractivity contribution in [3.63, 3.8) is 0 Å². The molecule has 1 aromatic carbocycles. The zero-order chi connectivity index (χ0) is 26.1. The van der Waals surface area contributed by atoms with E-state index < -0.39 is 29.7 Å². The first kappa shape index (κ1) is 29.0. The van der Waals surface area contributed by atoms with Crippen molar-refractivity contribution >= 4 is 17.9 Å². The van der Waals surface area contributed by atoms with Crippen LogP contribution in [0, 0.1) is 18.4 Å². The summed E-state index contributed by atoms with van der Waals surface area (Å²) >= 11 is 0. The van der Waals surface area contributed by atoms with Crippen LogP contribution in [-0.4, -0.2) is 40.5 Å². The topological polar surface area (TPSA) is 87.7 Å². The minimum Gasteiger partial charge on any atom is -0.444 e. The summed E-state index contributed by atoms with van der Waals surface area (Å²) in [5, 5.41) is 5.61. The molecule has 2 N–H and O–H groups in total. The monoisotopic (exact) mass is 471 g/mol. The van der Waals surface area contributed by atoms with Crippen molar-refractivity contribution in [2.24, 2.45) is 5.92 Å². The number of terminal acetylenes is 1. The maximum Gasteiger partial charge on any atom is 0.408 e. The fraction of sp³-hybridized carbons (Fsp3) is 0.593. The largest absolute Gasteiger partial charge is 0.444 e. The summed E-state index contributed by atoms with van der Waals surface area (Å²) < 4.78 is 5.33. The van der Waals surface area contributed by atoms with Crippen LogP contribution in [0.5, 0.6) is 0 Å². The molecule has 0 bridgehead atoms. The Morgan fingerprint density at radius 2 is 1.65 bits per heavy atom. The van der Waals surface area contributed by atoms with E-state index in [0.717, 1.165) is 29.7 Å². The fourth-order valence-electron chi connectivity index (χ4n) is 3.54. The lowest BCUT2D eigenvalue weighted by Crippen LogP contribution is -2.54. The molecule has 3 unspecified atom stereocenters. The minimum absolute atomic E-state index is 0.0783. The zero-order valence-corrected chi connectivity index (χ0v) is 21.9. The van der Waals surface area contributed by atoms with E-state index in [1.165, 1.54) is 0 Å². The maximum absolute atomic E-state index is 13.6. The second-order valence-electron chi connectivity index (χ2n) is 9.90. The average molecular weight is 472 g/mol. The summed E-state index contributed by atoms with van der Waals surface area (Å²) in [5.74, 6) is -1.21. The summed E-state index contributed by atoms with van der Waals surface area (Å²) in [5.41, 5.74) is 0.983. The molecule has 3 atom stereocenters. The van der Waals surface area contributed by atoms with Crippen LogP contribution in [0.15, 0.2) is 24.3 Å². The molecule has 0 saturated heterocycles. The average Bonchev–Trinajstić information content (AvgIpc) is 2.74. The molecule has 188 valence electrons. The van der Waals surface area contributed by atoms with Crippen LogP contribution in [0.25, 0.3) is 0 Å². The molecule has 0 aliphatic heterocycles. The van der Waals surface area contributed by atoms with Crippen molar-refractivity contribution < 1.29 is 19.1 Å². The molecule has 0 fully saturated rings. The molecule has 1 rings (SSSR count). The van der Waals surface area contributed by atoms with E-state index in [0.29, 0.717) is 5.56 Å². The first-order valence-corrected chi connectivity index (χ1v) is 12.0. The van der Waals surface area contributed by atoms with Crippen molar-refractivity contribution in [1.82, 2.24) is 15.5 Å². The Morgan fingerprint density at radius 3 is 2.09 bits per heavy atom. The molecule has 0 saturated carbocycles. The quantitative estimate of drug-likeness (QED) is 0.387. The molecule has 0 spiro atoms. The predicted octanol–water partition coefficient (Wildman–Crippen LogP) is 4.56. The van der Waals surface area contributed by atoms with Crippen molar-refractivity contribution in [2.45, 2.75) is 98.4 Å². The van der Waals surface area contributed by atoms with Crippen molar-refractivity contribution in [3.05, 3.63) is 35.4 Å². The van der Waals surface area contributed by atoms with Crippen molar-refractivity contribution in [2.75, 3.05) is 0 Å². The molecule has 7 heteroatoms. The van der Waals surface area contributed by atoms with Crippen LogP contribution in [-0.2, 0) is 20.7 Å². The zero-order valence-electron chi connectivity index (χ0n) is 21.9. The Bertz CT molecular complexity index is 865. The van der Waals surface area contributed by atoms with Gasteiger partial charge < -0.3 is 15.4 Å². The lowest BCUT2D eigenvalue weighted by atomic mass is 9.98. The lowest BCUT2D eigenvalue weighted by molar-refractivity contribution is -0.139. The summed E-state index contributed by atoms with van der Waals surface area (Å²) in [4.78, 5) is 40.5. The third kappa shape index (κ3) is 8.74. The molecule has 0 radical (unpaired) electrons.